The zero-order valence-corrected chi connectivity index (χ0v) is 22.7. The van der Waals surface area contributed by atoms with Gasteiger partial charge in [0.2, 0.25) is 5.41 Å². The monoisotopic (exact) mass is 602 g/mol. The molecule has 0 heterocycles. The van der Waals surface area contributed by atoms with Crippen LogP contribution in [-0.4, -0.2) is 30.9 Å². The van der Waals surface area contributed by atoms with Gasteiger partial charge in [-0.05, 0) is 65.5 Å². The molecule has 1 aliphatic carbocycles. The highest BCUT2D eigenvalue weighted by Crippen LogP contribution is 2.72. The second-order valence-corrected chi connectivity index (χ2v) is 14.0. The quantitative estimate of drug-likeness (QED) is 0.251. The van der Waals surface area contributed by atoms with Crippen LogP contribution in [0.2, 0.25) is 0 Å². The lowest BCUT2D eigenvalue weighted by molar-refractivity contribution is -0.293. The molecule has 0 radical (unpaired) electrons. The third-order valence-electron chi connectivity index (χ3n) is 7.19. The second-order valence-electron chi connectivity index (χ2n) is 9.48. The summed E-state index contributed by atoms with van der Waals surface area (Å²) in [6, 6.07) is 22.4. The first kappa shape index (κ1) is 30.0. The summed E-state index contributed by atoms with van der Waals surface area (Å²) >= 11 is 0. The Morgan fingerprint density at radius 2 is 1.07 bits per heavy atom. The van der Waals surface area contributed by atoms with Crippen LogP contribution < -0.4 is 0 Å². The normalized spacial score (nSPS) is 17.6. The second kappa shape index (κ2) is 11.1. The summed E-state index contributed by atoms with van der Waals surface area (Å²) in [5, 5.41) is 3.96. The third kappa shape index (κ3) is 4.79. The van der Waals surface area contributed by atoms with E-state index in [0.717, 1.165) is 0 Å². The molecule has 40 heavy (non-hydrogen) atoms. The van der Waals surface area contributed by atoms with Crippen molar-refractivity contribution in [1.82, 2.24) is 0 Å². The van der Waals surface area contributed by atoms with Crippen molar-refractivity contribution < 1.29 is 43.9 Å². The van der Waals surface area contributed by atoms with E-state index in [1.54, 1.807) is 18.2 Å². The van der Waals surface area contributed by atoms with Gasteiger partial charge in [-0.2, -0.15) is 30.4 Å². The maximum absolute atomic E-state index is 16.3. The Labute approximate surface area is 230 Å². The summed E-state index contributed by atoms with van der Waals surface area (Å²) in [5.74, 6) is -5.13. The van der Waals surface area contributed by atoms with Gasteiger partial charge in [0.15, 0.2) is 0 Å². The van der Waals surface area contributed by atoms with Crippen molar-refractivity contribution in [3.05, 3.63) is 91.0 Å². The Bertz CT molecular complexity index is 1320. The number of carboxylic acids is 1. The molecular weight excluding hydrogens is 575 g/mol. The smallest absolute Gasteiger partial charge is 0.412 e. The highest BCUT2D eigenvalue weighted by molar-refractivity contribution is 8.33. The Kier molecular flexibility index (Phi) is 8.35. The minimum Gasteiger partial charge on any atom is -0.480 e. The van der Waals surface area contributed by atoms with Gasteiger partial charge >= 0.3 is 27.5 Å². The number of aliphatic carboxylic acids is 1. The van der Waals surface area contributed by atoms with Crippen LogP contribution in [0.1, 0.15) is 32.1 Å². The van der Waals surface area contributed by atoms with E-state index in [0.29, 0.717) is 6.42 Å². The van der Waals surface area contributed by atoms with Crippen molar-refractivity contribution in [3.8, 4) is 0 Å². The first-order valence-corrected chi connectivity index (χ1v) is 15.4. The molecule has 4 rings (SSSR count). The fourth-order valence-electron chi connectivity index (χ4n) is 5.33. The molecule has 1 fully saturated rings. The number of halogens is 5. The van der Waals surface area contributed by atoms with Gasteiger partial charge in [0.25, 0.3) is 0 Å². The van der Waals surface area contributed by atoms with Crippen molar-refractivity contribution >= 4 is 26.4 Å². The topological polar surface area (TPSA) is 80.7 Å². The van der Waals surface area contributed by atoms with E-state index in [1.165, 1.54) is 72.8 Å². The molecule has 3 aromatic rings. The Morgan fingerprint density at radius 3 is 1.40 bits per heavy atom. The maximum Gasteiger partial charge on any atom is 0.412 e. The molecule has 5 nitrogen and oxygen atoms in total. The summed E-state index contributed by atoms with van der Waals surface area (Å²) in [6.45, 7) is 0. The third-order valence-corrected chi connectivity index (χ3v) is 12.5. The Morgan fingerprint density at radius 1 is 0.700 bits per heavy atom. The molecule has 0 aliphatic heterocycles. The van der Waals surface area contributed by atoms with Crippen LogP contribution in [0.4, 0.5) is 22.0 Å². The van der Waals surface area contributed by atoms with Crippen LogP contribution in [-0.2, 0) is 18.5 Å². The van der Waals surface area contributed by atoms with Crippen molar-refractivity contribution in [2.75, 3.05) is 0 Å². The molecule has 12 heteroatoms. The van der Waals surface area contributed by atoms with Crippen LogP contribution in [0.3, 0.4) is 0 Å². The minimum atomic E-state index is -6.59. The van der Waals surface area contributed by atoms with Crippen LogP contribution >= 0.6 is 10.3 Å². The minimum absolute atomic E-state index is 0.0556. The molecular formula is C28H27F5O5S2. The summed E-state index contributed by atoms with van der Waals surface area (Å²) < 4.78 is 110. The van der Waals surface area contributed by atoms with Crippen molar-refractivity contribution in [3.63, 3.8) is 0 Å². The Hall–Kier alpha value is -2.96. The van der Waals surface area contributed by atoms with Gasteiger partial charge in [-0.15, -0.1) is 0 Å². The molecule has 1 saturated carbocycles. The van der Waals surface area contributed by atoms with E-state index in [4.69, 9.17) is 3.63 Å². The summed E-state index contributed by atoms with van der Waals surface area (Å²) in [6.07, 6.45) is -6.64. The van der Waals surface area contributed by atoms with Gasteiger partial charge in [0, 0.05) is 14.7 Å². The highest BCUT2D eigenvalue weighted by Gasteiger charge is 2.83. The number of carbonyl (C=O) groups is 1. The maximum atomic E-state index is 16.3. The number of benzene rings is 3. The summed E-state index contributed by atoms with van der Waals surface area (Å²) in [4.78, 5) is 12.6. The van der Waals surface area contributed by atoms with Crippen LogP contribution in [0.25, 0.3) is 0 Å². The number of alkyl halides is 5. The SMILES string of the molecule is O=C(O)C(C1CCCCC1)(C(F)(F)F)C(F)(F)S(=O)(=O)OS(c1ccccc1)(c1ccccc1)c1ccccc1. The van der Waals surface area contributed by atoms with Gasteiger partial charge in [0.1, 0.15) is 0 Å². The molecule has 0 aromatic heterocycles. The molecule has 1 unspecified atom stereocenters. The molecule has 1 aliphatic rings. The van der Waals surface area contributed by atoms with Crippen LogP contribution in [0, 0.1) is 11.3 Å². The fraction of sp³-hybridized carbons (Fsp3) is 0.321. The van der Waals surface area contributed by atoms with Crippen LogP contribution in [0.5, 0.6) is 0 Å². The molecule has 3 aromatic carbocycles. The first-order chi connectivity index (χ1) is 18.8. The number of hydrogen-bond acceptors (Lipinski definition) is 4. The number of hydrogen-bond donors (Lipinski definition) is 1. The van der Waals surface area contributed by atoms with Gasteiger partial charge in [-0.1, -0.05) is 73.9 Å². The summed E-state index contributed by atoms with van der Waals surface area (Å²) in [7, 11) is -10.3. The average molecular weight is 603 g/mol. The lowest BCUT2D eigenvalue weighted by Crippen LogP contribution is -2.64. The van der Waals surface area contributed by atoms with Gasteiger partial charge in [-0.25, -0.2) is 3.63 Å². The molecule has 0 amide bonds. The van der Waals surface area contributed by atoms with Crippen molar-refractivity contribution in [1.29, 1.82) is 0 Å². The largest absolute Gasteiger partial charge is 0.480 e. The fourth-order valence-corrected chi connectivity index (χ4v) is 10.9. The molecule has 216 valence electrons. The molecule has 0 bridgehead atoms. The van der Waals surface area contributed by atoms with Gasteiger partial charge < -0.3 is 5.11 Å². The standard InChI is InChI=1S/C28H27F5O5S2/c29-27(30,31)26(25(34)35,21-13-5-1-6-14-21)28(32,33)40(36,37)38-39(22-15-7-2-8-16-22,23-17-9-3-10-18-23)24-19-11-4-12-20-24/h2-4,7-12,15-21H,1,5-6,13-14H2,(H,34,35). The van der Waals surface area contributed by atoms with Gasteiger partial charge in [0.05, 0.1) is 0 Å². The molecule has 0 spiro atoms. The van der Waals surface area contributed by atoms with Crippen LogP contribution in [0.15, 0.2) is 106 Å². The van der Waals surface area contributed by atoms with E-state index < -0.39 is 62.0 Å². The lowest BCUT2D eigenvalue weighted by atomic mass is 9.68. The van der Waals surface area contributed by atoms with E-state index >= 15 is 8.78 Å². The van der Waals surface area contributed by atoms with E-state index in [1.807, 2.05) is 0 Å². The highest BCUT2D eigenvalue weighted by atomic mass is 32.3. The van der Waals surface area contributed by atoms with E-state index in [-0.39, 0.29) is 27.5 Å². The first-order valence-electron chi connectivity index (χ1n) is 12.4. The molecule has 0 saturated heterocycles. The lowest BCUT2D eigenvalue weighted by Gasteiger charge is -2.46. The molecule has 1 N–H and O–H groups in total. The van der Waals surface area contributed by atoms with E-state index in [9.17, 15) is 31.5 Å². The predicted molar refractivity (Wildman–Crippen MR) is 139 cm³/mol. The average Bonchev–Trinajstić information content (AvgIpc) is 2.93. The number of carboxylic acid groups (broad SMARTS) is 1. The van der Waals surface area contributed by atoms with Gasteiger partial charge in [-0.3, -0.25) is 4.79 Å². The summed E-state index contributed by atoms with van der Waals surface area (Å²) in [5.41, 5.74) is -4.92. The predicted octanol–water partition coefficient (Wildman–Crippen LogP) is 8.04. The zero-order chi connectivity index (χ0) is 29.2. The van der Waals surface area contributed by atoms with E-state index in [2.05, 4.69) is 0 Å². The molecule has 1 atom stereocenters. The Balaban J connectivity index is 2.02. The number of rotatable bonds is 9. The zero-order valence-electron chi connectivity index (χ0n) is 21.1. The van der Waals surface area contributed by atoms with Crippen molar-refractivity contribution in [2.24, 2.45) is 11.3 Å². The van der Waals surface area contributed by atoms with Crippen molar-refractivity contribution in [2.45, 2.75) is 58.2 Å².